The smallest absolute Gasteiger partial charge is 0.221 e. The van der Waals surface area contributed by atoms with Crippen molar-refractivity contribution in [3.05, 3.63) is 11.9 Å². The van der Waals surface area contributed by atoms with Crippen molar-refractivity contribution in [2.45, 2.75) is 32.7 Å². The number of aromatic nitrogens is 2. The molecule has 16 heavy (non-hydrogen) atoms. The number of rotatable bonds is 5. The normalized spacial score (nSPS) is 11.6. The predicted molar refractivity (Wildman–Crippen MR) is 64.5 cm³/mol. The van der Waals surface area contributed by atoms with Gasteiger partial charge < -0.3 is 10.1 Å². The van der Waals surface area contributed by atoms with Crippen LogP contribution in [-0.4, -0.2) is 23.1 Å². The number of anilines is 1. The molecule has 1 aromatic rings. The van der Waals surface area contributed by atoms with Crippen molar-refractivity contribution >= 4 is 5.82 Å². The molecule has 0 amide bonds. The molecule has 0 bridgehead atoms. The van der Waals surface area contributed by atoms with E-state index in [1.807, 2.05) is 6.92 Å². The molecule has 0 saturated heterocycles. The van der Waals surface area contributed by atoms with Gasteiger partial charge in [0.2, 0.25) is 5.88 Å². The minimum absolute atomic E-state index is 0.00306. The minimum Gasteiger partial charge on any atom is -0.481 e. The molecule has 1 unspecified atom stereocenters. The van der Waals surface area contributed by atoms with Crippen LogP contribution in [0.1, 0.15) is 25.3 Å². The molecule has 1 aromatic heterocycles. The third-order valence-corrected chi connectivity index (χ3v) is 2.32. The van der Waals surface area contributed by atoms with Crippen LogP contribution in [0.25, 0.3) is 0 Å². The van der Waals surface area contributed by atoms with E-state index in [4.69, 9.17) is 11.2 Å². The second-order valence-electron chi connectivity index (χ2n) is 3.51. The second kappa shape index (κ2) is 5.96. The summed E-state index contributed by atoms with van der Waals surface area (Å²) < 4.78 is 5.12. The lowest BCUT2D eigenvalue weighted by Crippen LogP contribution is -2.18. The fraction of sp³-hybridized carbons (Fsp3) is 0.500. The third-order valence-electron chi connectivity index (χ3n) is 2.32. The number of hydrogen-bond acceptors (Lipinski definition) is 4. The van der Waals surface area contributed by atoms with Crippen molar-refractivity contribution in [3.63, 3.8) is 0 Å². The molecule has 0 aliphatic rings. The Morgan fingerprint density at radius 2 is 2.31 bits per heavy atom. The van der Waals surface area contributed by atoms with Crippen molar-refractivity contribution in [1.29, 1.82) is 0 Å². The highest BCUT2D eigenvalue weighted by atomic mass is 16.5. The summed E-state index contributed by atoms with van der Waals surface area (Å²) in [5.74, 6) is 4.02. The molecule has 0 radical (unpaired) electrons. The maximum atomic E-state index is 5.44. The zero-order valence-electron chi connectivity index (χ0n) is 9.95. The van der Waals surface area contributed by atoms with Crippen LogP contribution < -0.4 is 10.1 Å². The van der Waals surface area contributed by atoms with Gasteiger partial charge >= 0.3 is 0 Å². The Morgan fingerprint density at radius 3 is 2.88 bits per heavy atom. The molecule has 0 saturated carbocycles. The van der Waals surface area contributed by atoms with E-state index in [-0.39, 0.29) is 6.04 Å². The molecule has 1 rings (SSSR count). The maximum absolute atomic E-state index is 5.44. The highest BCUT2D eigenvalue weighted by Gasteiger charge is 2.10. The molecule has 0 aromatic carbocycles. The first-order chi connectivity index (χ1) is 7.72. The number of hydrogen-bond donors (Lipinski definition) is 1. The van der Waals surface area contributed by atoms with Gasteiger partial charge in [-0.3, -0.25) is 0 Å². The van der Waals surface area contributed by atoms with Crippen LogP contribution >= 0.6 is 0 Å². The summed E-state index contributed by atoms with van der Waals surface area (Å²) in [6.07, 6.45) is 8.86. The Labute approximate surface area is 96.5 Å². The number of nitrogens with zero attached hydrogens (tertiary/aromatic N) is 2. The number of nitrogens with one attached hydrogen (secondary N) is 1. The Bertz CT molecular complexity index is 384. The Morgan fingerprint density at radius 1 is 1.56 bits per heavy atom. The molecule has 1 heterocycles. The van der Waals surface area contributed by atoms with Crippen molar-refractivity contribution < 1.29 is 4.74 Å². The molecular weight excluding hydrogens is 202 g/mol. The van der Waals surface area contributed by atoms with Gasteiger partial charge in [0.05, 0.1) is 18.7 Å². The quantitative estimate of drug-likeness (QED) is 0.769. The fourth-order valence-electron chi connectivity index (χ4n) is 1.44. The molecule has 4 nitrogen and oxygen atoms in total. The van der Waals surface area contributed by atoms with Crippen molar-refractivity contribution in [3.8, 4) is 18.2 Å². The predicted octanol–water partition coefficient (Wildman–Crippen LogP) is 2.01. The van der Waals surface area contributed by atoms with Crippen LogP contribution in [0.5, 0.6) is 5.88 Å². The van der Waals surface area contributed by atoms with Crippen LogP contribution in [0.15, 0.2) is 6.33 Å². The van der Waals surface area contributed by atoms with E-state index in [1.54, 1.807) is 7.11 Å². The van der Waals surface area contributed by atoms with Gasteiger partial charge in [-0.1, -0.05) is 19.3 Å². The topological polar surface area (TPSA) is 47.0 Å². The molecule has 0 spiro atoms. The van der Waals surface area contributed by atoms with E-state index in [0.717, 1.165) is 24.2 Å². The third kappa shape index (κ3) is 2.86. The summed E-state index contributed by atoms with van der Waals surface area (Å²) >= 11 is 0. The Kier molecular flexibility index (Phi) is 4.59. The fourth-order valence-corrected chi connectivity index (χ4v) is 1.44. The van der Waals surface area contributed by atoms with Crippen LogP contribution in [0.3, 0.4) is 0 Å². The van der Waals surface area contributed by atoms with Gasteiger partial charge in [0, 0.05) is 0 Å². The first kappa shape index (κ1) is 12.3. The van der Waals surface area contributed by atoms with Crippen LogP contribution in [0, 0.1) is 19.3 Å². The van der Waals surface area contributed by atoms with E-state index in [2.05, 4.69) is 28.1 Å². The molecular formula is C12H17N3O. The van der Waals surface area contributed by atoms with E-state index in [1.165, 1.54) is 6.33 Å². The van der Waals surface area contributed by atoms with Gasteiger partial charge in [-0.15, -0.1) is 6.42 Å². The van der Waals surface area contributed by atoms with Gasteiger partial charge in [-0.2, -0.15) is 0 Å². The zero-order chi connectivity index (χ0) is 12.0. The minimum atomic E-state index is 0.00306. The summed E-state index contributed by atoms with van der Waals surface area (Å²) in [4.78, 5) is 8.17. The SMILES string of the molecule is C#CC(CCC)Nc1ncnc(OC)c1C. The van der Waals surface area contributed by atoms with Gasteiger partial charge in [0.25, 0.3) is 0 Å². The van der Waals surface area contributed by atoms with E-state index in [0.29, 0.717) is 5.88 Å². The first-order valence-corrected chi connectivity index (χ1v) is 5.31. The van der Waals surface area contributed by atoms with Gasteiger partial charge in [-0.25, -0.2) is 9.97 Å². The molecule has 1 N–H and O–H groups in total. The lowest BCUT2D eigenvalue weighted by Gasteiger charge is -2.15. The van der Waals surface area contributed by atoms with E-state index < -0.39 is 0 Å². The lowest BCUT2D eigenvalue weighted by molar-refractivity contribution is 0.393. The molecule has 0 aliphatic heterocycles. The standard InChI is InChI=1S/C12H17N3O/c1-5-7-10(6-2)15-11-9(3)12(16-4)14-8-13-11/h2,8,10H,5,7H2,1,3-4H3,(H,13,14,15). The summed E-state index contributed by atoms with van der Waals surface area (Å²) in [5.41, 5.74) is 0.876. The molecule has 4 heteroatoms. The molecule has 1 atom stereocenters. The summed E-state index contributed by atoms with van der Waals surface area (Å²) in [6.45, 7) is 4.00. The van der Waals surface area contributed by atoms with Crippen molar-refractivity contribution in [2.24, 2.45) is 0 Å². The summed E-state index contributed by atoms with van der Waals surface area (Å²) in [5, 5.41) is 3.21. The van der Waals surface area contributed by atoms with E-state index >= 15 is 0 Å². The van der Waals surface area contributed by atoms with Gasteiger partial charge in [0.15, 0.2) is 0 Å². The second-order valence-corrected chi connectivity index (χ2v) is 3.51. The summed E-state index contributed by atoms with van der Waals surface area (Å²) in [7, 11) is 1.59. The average Bonchev–Trinajstić information content (AvgIpc) is 2.31. The average molecular weight is 219 g/mol. The summed E-state index contributed by atoms with van der Waals surface area (Å²) in [6, 6.07) is 0.00306. The zero-order valence-corrected chi connectivity index (χ0v) is 9.95. The van der Waals surface area contributed by atoms with Crippen LogP contribution in [0.2, 0.25) is 0 Å². The van der Waals surface area contributed by atoms with E-state index in [9.17, 15) is 0 Å². The van der Waals surface area contributed by atoms with Crippen molar-refractivity contribution in [1.82, 2.24) is 9.97 Å². The lowest BCUT2D eigenvalue weighted by atomic mass is 10.1. The van der Waals surface area contributed by atoms with Gasteiger partial charge in [-0.05, 0) is 13.3 Å². The molecule has 0 fully saturated rings. The van der Waals surface area contributed by atoms with Crippen LogP contribution in [0.4, 0.5) is 5.82 Å². The highest BCUT2D eigenvalue weighted by Crippen LogP contribution is 2.20. The monoisotopic (exact) mass is 219 g/mol. The Balaban J connectivity index is 2.84. The Hall–Kier alpha value is -1.76. The number of ether oxygens (including phenoxy) is 1. The highest BCUT2D eigenvalue weighted by molar-refractivity contribution is 5.49. The molecule has 0 aliphatic carbocycles. The first-order valence-electron chi connectivity index (χ1n) is 5.31. The molecule has 86 valence electrons. The number of methoxy groups -OCH3 is 1. The van der Waals surface area contributed by atoms with Crippen molar-refractivity contribution in [2.75, 3.05) is 12.4 Å². The van der Waals surface area contributed by atoms with Gasteiger partial charge in [0.1, 0.15) is 12.1 Å². The maximum Gasteiger partial charge on any atom is 0.221 e. The number of terminal acetylenes is 1. The largest absolute Gasteiger partial charge is 0.481 e. The van der Waals surface area contributed by atoms with Crippen LogP contribution in [-0.2, 0) is 0 Å².